The molecule has 0 aliphatic rings. The van der Waals surface area contributed by atoms with E-state index in [0.717, 1.165) is 12.1 Å². The molecule has 0 aromatic heterocycles. The van der Waals surface area contributed by atoms with Gasteiger partial charge in [-0.2, -0.15) is 0 Å². The quantitative estimate of drug-likeness (QED) is 0.718. The highest BCUT2D eigenvalue weighted by Crippen LogP contribution is 2.25. The molecule has 0 aliphatic carbocycles. The molecule has 0 bridgehead atoms. The van der Waals surface area contributed by atoms with Crippen LogP contribution in [0, 0.1) is 11.2 Å². The Bertz CT molecular complexity index is 567. The minimum Gasteiger partial charge on any atom is -0.399 e. The monoisotopic (exact) mass is 304 g/mol. The van der Waals surface area contributed by atoms with Crippen molar-refractivity contribution in [1.82, 2.24) is 4.72 Å². The molecule has 1 aromatic carbocycles. The third-order valence-corrected chi connectivity index (χ3v) is 4.49. The zero-order chi connectivity index (χ0) is 15.6. The first-order chi connectivity index (χ1) is 9.08. The van der Waals surface area contributed by atoms with Crippen molar-refractivity contribution in [2.24, 2.45) is 5.41 Å². The molecule has 1 aromatic rings. The molecule has 1 atom stereocenters. The van der Waals surface area contributed by atoms with E-state index in [-0.39, 0.29) is 18.7 Å². The van der Waals surface area contributed by atoms with Crippen LogP contribution in [0.2, 0.25) is 0 Å². The van der Waals surface area contributed by atoms with Crippen molar-refractivity contribution in [3.05, 3.63) is 24.0 Å². The predicted octanol–water partition coefficient (Wildman–Crippen LogP) is 1.48. The van der Waals surface area contributed by atoms with Crippen LogP contribution in [0.15, 0.2) is 23.1 Å². The average Bonchev–Trinajstić information content (AvgIpc) is 2.30. The van der Waals surface area contributed by atoms with Gasteiger partial charge in [-0.05, 0) is 30.0 Å². The van der Waals surface area contributed by atoms with Crippen LogP contribution in [0.5, 0.6) is 0 Å². The summed E-state index contributed by atoms with van der Waals surface area (Å²) >= 11 is 0. The Morgan fingerprint density at radius 3 is 2.50 bits per heavy atom. The maximum atomic E-state index is 13.7. The standard InChI is InChI=1S/C13H21FN2O3S/c1-13(2,3)12(6-7-17)16-20(18,19)11-8-9(15)4-5-10(11)14/h4-5,8,12,16-17H,6-7,15H2,1-3H3. The fourth-order valence-corrected chi connectivity index (χ4v) is 3.36. The van der Waals surface area contributed by atoms with Crippen molar-refractivity contribution in [2.75, 3.05) is 12.3 Å². The molecule has 4 N–H and O–H groups in total. The predicted molar refractivity (Wildman–Crippen MR) is 76.1 cm³/mol. The van der Waals surface area contributed by atoms with Gasteiger partial charge in [-0.3, -0.25) is 0 Å². The molecule has 114 valence electrons. The zero-order valence-corrected chi connectivity index (χ0v) is 12.7. The summed E-state index contributed by atoms with van der Waals surface area (Å²) < 4.78 is 40.6. The second-order valence-corrected chi connectivity index (χ2v) is 7.42. The van der Waals surface area contributed by atoms with E-state index in [1.165, 1.54) is 6.07 Å². The maximum Gasteiger partial charge on any atom is 0.243 e. The summed E-state index contributed by atoms with van der Waals surface area (Å²) in [6, 6.07) is 2.88. The minimum atomic E-state index is -4.03. The van der Waals surface area contributed by atoms with Gasteiger partial charge in [0.05, 0.1) is 0 Å². The number of halogens is 1. The molecule has 7 heteroatoms. The van der Waals surface area contributed by atoms with E-state index in [4.69, 9.17) is 10.8 Å². The van der Waals surface area contributed by atoms with Crippen LogP contribution in [-0.4, -0.2) is 26.2 Å². The number of aliphatic hydroxyl groups is 1. The Hall–Kier alpha value is -1.18. The summed E-state index contributed by atoms with van der Waals surface area (Å²) in [5, 5.41) is 9.04. The van der Waals surface area contributed by atoms with Crippen LogP contribution < -0.4 is 10.5 Å². The highest BCUT2D eigenvalue weighted by atomic mass is 32.2. The van der Waals surface area contributed by atoms with Crippen LogP contribution in [0.25, 0.3) is 0 Å². The molecule has 5 nitrogen and oxygen atoms in total. The van der Waals surface area contributed by atoms with Gasteiger partial charge < -0.3 is 10.8 Å². The highest BCUT2D eigenvalue weighted by molar-refractivity contribution is 7.89. The molecule has 0 heterocycles. The molecule has 0 saturated heterocycles. The molecule has 20 heavy (non-hydrogen) atoms. The van der Waals surface area contributed by atoms with E-state index in [9.17, 15) is 12.8 Å². The van der Waals surface area contributed by atoms with Crippen molar-refractivity contribution >= 4 is 15.7 Å². The van der Waals surface area contributed by atoms with Crippen molar-refractivity contribution in [1.29, 1.82) is 0 Å². The molecule has 0 spiro atoms. The Kier molecular flexibility index (Phi) is 5.12. The van der Waals surface area contributed by atoms with Crippen LogP contribution >= 0.6 is 0 Å². The second-order valence-electron chi connectivity index (χ2n) is 5.74. The molecular formula is C13H21FN2O3S. The van der Waals surface area contributed by atoms with E-state index in [0.29, 0.717) is 0 Å². The molecule has 1 rings (SSSR count). The van der Waals surface area contributed by atoms with Gasteiger partial charge >= 0.3 is 0 Å². The van der Waals surface area contributed by atoms with Crippen molar-refractivity contribution in [3.63, 3.8) is 0 Å². The topological polar surface area (TPSA) is 92.4 Å². The van der Waals surface area contributed by atoms with Crippen LogP contribution in [0.3, 0.4) is 0 Å². The van der Waals surface area contributed by atoms with E-state index >= 15 is 0 Å². The van der Waals surface area contributed by atoms with Gasteiger partial charge in [-0.15, -0.1) is 0 Å². The molecule has 1 unspecified atom stereocenters. The lowest BCUT2D eigenvalue weighted by Crippen LogP contribution is -2.44. The minimum absolute atomic E-state index is 0.163. The van der Waals surface area contributed by atoms with Crippen LogP contribution in [0.4, 0.5) is 10.1 Å². The normalized spacial score (nSPS) is 14.2. The van der Waals surface area contributed by atoms with Crippen molar-refractivity contribution in [3.8, 4) is 0 Å². The summed E-state index contributed by atoms with van der Waals surface area (Å²) in [6.45, 7) is 5.35. The van der Waals surface area contributed by atoms with Crippen LogP contribution in [0.1, 0.15) is 27.2 Å². The Labute approximate surface area is 119 Å². The van der Waals surface area contributed by atoms with Gasteiger partial charge in [0.2, 0.25) is 10.0 Å². The molecule has 0 radical (unpaired) electrons. The van der Waals surface area contributed by atoms with E-state index in [2.05, 4.69) is 4.72 Å². The van der Waals surface area contributed by atoms with Gasteiger partial charge in [0.25, 0.3) is 0 Å². The summed E-state index contributed by atoms with van der Waals surface area (Å²) in [7, 11) is -4.03. The lowest BCUT2D eigenvalue weighted by atomic mass is 9.86. The first-order valence-electron chi connectivity index (χ1n) is 6.26. The number of sulfonamides is 1. The Balaban J connectivity index is 3.13. The van der Waals surface area contributed by atoms with Gasteiger partial charge in [0.1, 0.15) is 10.7 Å². The van der Waals surface area contributed by atoms with Gasteiger partial charge in [-0.1, -0.05) is 20.8 Å². The maximum absolute atomic E-state index is 13.7. The molecule has 0 aliphatic heterocycles. The summed E-state index contributed by atoms with van der Waals surface area (Å²) in [6.07, 6.45) is 0.243. The highest BCUT2D eigenvalue weighted by Gasteiger charge is 2.30. The Morgan fingerprint density at radius 2 is 2.00 bits per heavy atom. The third kappa shape index (κ3) is 4.16. The first kappa shape index (κ1) is 16.9. The van der Waals surface area contributed by atoms with E-state index in [1.807, 2.05) is 20.8 Å². The largest absolute Gasteiger partial charge is 0.399 e. The fraction of sp³-hybridized carbons (Fsp3) is 0.538. The van der Waals surface area contributed by atoms with E-state index in [1.54, 1.807) is 0 Å². The number of nitrogens with two attached hydrogens (primary N) is 1. The van der Waals surface area contributed by atoms with Gasteiger partial charge in [0, 0.05) is 18.3 Å². The number of hydrogen-bond donors (Lipinski definition) is 3. The number of benzene rings is 1. The van der Waals surface area contributed by atoms with E-state index < -0.39 is 32.2 Å². The van der Waals surface area contributed by atoms with Gasteiger partial charge in [0.15, 0.2) is 0 Å². The molecular weight excluding hydrogens is 283 g/mol. The van der Waals surface area contributed by atoms with Crippen LogP contribution in [-0.2, 0) is 10.0 Å². The smallest absolute Gasteiger partial charge is 0.243 e. The number of rotatable bonds is 5. The summed E-state index contributed by atoms with van der Waals surface area (Å²) in [5.41, 5.74) is 5.26. The lowest BCUT2D eigenvalue weighted by Gasteiger charge is -2.30. The lowest BCUT2D eigenvalue weighted by molar-refractivity contribution is 0.214. The zero-order valence-electron chi connectivity index (χ0n) is 11.9. The number of hydrogen-bond acceptors (Lipinski definition) is 4. The fourth-order valence-electron chi connectivity index (χ4n) is 1.77. The molecule has 0 amide bonds. The number of anilines is 1. The second kappa shape index (κ2) is 6.07. The summed E-state index contributed by atoms with van der Waals surface area (Å²) in [4.78, 5) is -0.482. The number of nitrogens with one attached hydrogen (secondary N) is 1. The summed E-state index contributed by atoms with van der Waals surface area (Å²) in [5.74, 6) is -0.858. The third-order valence-electron chi connectivity index (χ3n) is 3.01. The van der Waals surface area contributed by atoms with Gasteiger partial charge in [-0.25, -0.2) is 17.5 Å². The number of nitrogen functional groups attached to an aromatic ring is 1. The average molecular weight is 304 g/mol. The number of aliphatic hydroxyl groups excluding tert-OH is 1. The molecule has 0 saturated carbocycles. The first-order valence-corrected chi connectivity index (χ1v) is 7.74. The molecule has 0 fully saturated rings. The Morgan fingerprint density at radius 1 is 1.40 bits per heavy atom. The van der Waals surface area contributed by atoms with Crippen molar-refractivity contribution in [2.45, 2.75) is 38.1 Å². The SMILES string of the molecule is CC(C)(C)C(CCO)NS(=O)(=O)c1cc(N)ccc1F. The van der Waals surface area contributed by atoms with Crippen molar-refractivity contribution < 1.29 is 17.9 Å².